The second-order valence-corrected chi connectivity index (χ2v) is 9.02. The molecule has 2 aromatic rings. The van der Waals surface area contributed by atoms with Crippen LogP contribution >= 0.6 is 0 Å². The van der Waals surface area contributed by atoms with Crippen molar-refractivity contribution in [2.75, 3.05) is 11.9 Å². The second kappa shape index (κ2) is 7.76. The van der Waals surface area contributed by atoms with Gasteiger partial charge >= 0.3 is 0 Å². The van der Waals surface area contributed by atoms with Crippen LogP contribution in [0.25, 0.3) is 5.69 Å². The van der Waals surface area contributed by atoms with Gasteiger partial charge in [-0.2, -0.15) is 5.10 Å². The van der Waals surface area contributed by atoms with Crippen molar-refractivity contribution >= 4 is 23.5 Å². The number of aromatic nitrogens is 2. The fourth-order valence-electron chi connectivity index (χ4n) is 3.97. The molecule has 0 radical (unpaired) electrons. The van der Waals surface area contributed by atoms with Gasteiger partial charge in [-0.1, -0.05) is 32.9 Å². The number of anilines is 1. The van der Waals surface area contributed by atoms with E-state index in [9.17, 15) is 18.8 Å². The molecule has 1 saturated heterocycles. The van der Waals surface area contributed by atoms with Crippen LogP contribution in [0.2, 0.25) is 0 Å². The molecule has 1 aromatic carbocycles. The predicted molar refractivity (Wildman–Crippen MR) is 113 cm³/mol. The molecule has 0 spiro atoms. The maximum atomic E-state index is 13.4. The van der Waals surface area contributed by atoms with Gasteiger partial charge in [-0.15, -0.1) is 0 Å². The highest BCUT2D eigenvalue weighted by atomic mass is 19.1. The molecule has 1 fully saturated rings. The molecular weight excluding hydrogens is 399 g/mol. The van der Waals surface area contributed by atoms with E-state index in [0.29, 0.717) is 24.3 Å². The molecule has 2 atom stereocenters. The summed E-state index contributed by atoms with van der Waals surface area (Å²) in [6, 6.07) is 7.51. The van der Waals surface area contributed by atoms with Gasteiger partial charge in [0.05, 0.1) is 23.2 Å². The van der Waals surface area contributed by atoms with Gasteiger partial charge in [-0.25, -0.2) is 9.07 Å². The summed E-state index contributed by atoms with van der Waals surface area (Å²) >= 11 is 0. The number of benzene rings is 1. The van der Waals surface area contributed by atoms with Gasteiger partial charge < -0.3 is 5.32 Å². The molecule has 7 nitrogen and oxygen atoms in total. The maximum Gasteiger partial charge on any atom is 0.245 e. The number of amides is 3. The van der Waals surface area contributed by atoms with Crippen LogP contribution in [0.4, 0.5) is 10.2 Å². The molecule has 1 aliphatic carbocycles. The molecule has 2 unspecified atom stereocenters. The first-order chi connectivity index (χ1) is 14.6. The van der Waals surface area contributed by atoms with Gasteiger partial charge in [0.2, 0.25) is 17.7 Å². The zero-order valence-electron chi connectivity index (χ0n) is 17.8. The lowest BCUT2D eigenvalue weighted by atomic mass is 9.85. The smallest absolute Gasteiger partial charge is 0.245 e. The Bertz CT molecular complexity index is 1040. The average molecular weight is 424 g/mol. The summed E-state index contributed by atoms with van der Waals surface area (Å²) in [6.07, 6.45) is 4.87. The van der Waals surface area contributed by atoms with E-state index in [4.69, 9.17) is 0 Å². The maximum absolute atomic E-state index is 13.4. The van der Waals surface area contributed by atoms with E-state index in [1.807, 2.05) is 32.9 Å². The minimum atomic E-state index is -0.489. The predicted octanol–water partition coefficient (Wildman–Crippen LogP) is 3.20. The second-order valence-electron chi connectivity index (χ2n) is 9.02. The number of rotatable bonds is 4. The number of hydrogen-bond donors (Lipinski definition) is 1. The van der Waals surface area contributed by atoms with Crippen LogP contribution in [0.1, 0.15) is 39.3 Å². The number of allylic oxidation sites excluding steroid dienone is 2. The lowest BCUT2D eigenvalue weighted by Gasteiger charge is -2.15. The number of carbonyl (C=O) groups is 3. The summed E-state index contributed by atoms with van der Waals surface area (Å²) in [4.78, 5) is 39.1. The van der Waals surface area contributed by atoms with Crippen molar-refractivity contribution in [2.24, 2.45) is 11.8 Å². The SMILES string of the molecule is CC(C)(C)c1cc(NC(=O)CN2C(=O)C3CC=CCC3C2=O)n(-c2ccc(F)cc2)n1. The van der Waals surface area contributed by atoms with Crippen LogP contribution in [0.5, 0.6) is 0 Å². The van der Waals surface area contributed by atoms with E-state index >= 15 is 0 Å². The molecule has 0 bridgehead atoms. The zero-order chi connectivity index (χ0) is 22.3. The Balaban J connectivity index is 1.56. The van der Waals surface area contributed by atoms with Crippen molar-refractivity contribution in [2.45, 2.75) is 39.0 Å². The van der Waals surface area contributed by atoms with Gasteiger partial charge in [0.25, 0.3) is 0 Å². The third-order valence-electron chi connectivity index (χ3n) is 5.72. The van der Waals surface area contributed by atoms with E-state index in [0.717, 1.165) is 10.6 Å². The first-order valence-corrected chi connectivity index (χ1v) is 10.3. The Labute approximate surface area is 179 Å². The number of carbonyl (C=O) groups excluding carboxylic acids is 3. The first kappa shape index (κ1) is 21.0. The first-order valence-electron chi connectivity index (χ1n) is 10.3. The Morgan fingerprint density at radius 3 is 2.23 bits per heavy atom. The van der Waals surface area contributed by atoms with Gasteiger partial charge in [-0.3, -0.25) is 19.3 Å². The summed E-state index contributed by atoms with van der Waals surface area (Å²) in [6.45, 7) is 5.64. The molecule has 31 heavy (non-hydrogen) atoms. The molecule has 2 aliphatic rings. The lowest BCUT2D eigenvalue weighted by Crippen LogP contribution is -2.38. The van der Waals surface area contributed by atoms with Crippen molar-refractivity contribution < 1.29 is 18.8 Å². The van der Waals surface area contributed by atoms with Gasteiger partial charge in [0.15, 0.2) is 0 Å². The molecule has 1 aromatic heterocycles. The van der Waals surface area contributed by atoms with E-state index in [1.165, 1.54) is 16.8 Å². The third-order valence-corrected chi connectivity index (χ3v) is 5.72. The number of hydrogen-bond acceptors (Lipinski definition) is 4. The Morgan fingerprint density at radius 1 is 1.10 bits per heavy atom. The topological polar surface area (TPSA) is 84.3 Å². The number of likely N-dealkylation sites (tertiary alicyclic amines) is 1. The summed E-state index contributed by atoms with van der Waals surface area (Å²) in [7, 11) is 0. The van der Waals surface area contributed by atoms with Crippen LogP contribution in [-0.2, 0) is 19.8 Å². The Hall–Kier alpha value is -3.29. The molecule has 4 rings (SSSR count). The summed E-state index contributed by atoms with van der Waals surface area (Å²) in [5, 5.41) is 7.35. The third kappa shape index (κ3) is 4.02. The van der Waals surface area contributed by atoms with Crippen LogP contribution in [0, 0.1) is 17.7 Å². The van der Waals surface area contributed by atoms with E-state index in [-0.39, 0.29) is 41.4 Å². The molecule has 8 heteroatoms. The van der Waals surface area contributed by atoms with Crippen molar-refractivity contribution in [3.63, 3.8) is 0 Å². The standard InChI is InChI=1S/C23H25FN4O3/c1-23(2,3)18-12-19(28(26-18)15-10-8-14(24)9-11-15)25-20(29)13-27-21(30)16-6-4-5-7-17(16)22(27)31/h4-5,8-12,16-17H,6-7,13H2,1-3H3,(H,25,29). The number of halogens is 1. The van der Waals surface area contributed by atoms with Crippen LogP contribution in [-0.4, -0.2) is 38.9 Å². The van der Waals surface area contributed by atoms with Gasteiger partial charge in [0.1, 0.15) is 18.2 Å². The van der Waals surface area contributed by atoms with Crippen molar-refractivity contribution in [3.05, 3.63) is 54.0 Å². The van der Waals surface area contributed by atoms with Crippen molar-refractivity contribution in [1.29, 1.82) is 0 Å². The minimum Gasteiger partial charge on any atom is -0.309 e. The van der Waals surface area contributed by atoms with E-state index in [1.54, 1.807) is 18.2 Å². The van der Waals surface area contributed by atoms with Crippen LogP contribution < -0.4 is 5.32 Å². The zero-order valence-corrected chi connectivity index (χ0v) is 17.8. The summed E-state index contributed by atoms with van der Waals surface area (Å²) < 4.78 is 14.9. The van der Waals surface area contributed by atoms with E-state index in [2.05, 4.69) is 10.4 Å². The number of nitrogens with one attached hydrogen (secondary N) is 1. The van der Waals surface area contributed by atoms with E-state index < -0.39 is 5.91 Å². The lowest BCUT2D eigenvalue weighted by molar-refractivity contribution is -0.142. The Kier molecular flexibility index (Phi) is 5.24. The van der Waals surface area contributed by atoms with Crippen LogP contribution in [0.3, 0.4) is 0 Å². The van der Waals surface area contributed by atoms with Crippen LogP contribution in [0.15, 0.2) is 42.5 Å². The van der Waals surface area contributed by atoms with Gasteiger partial charge in [-0.05, 0) is 37.1 Å². The summed E-state index contributed by atoms with van der Waals surface area (Å²) in [5.74, 6) is -1.81. The highest BCUT2D eigenvalue weighted by Crippen LogP contribution is 2.35. The van der Waals surface area contributed by atoms with Gasteiger partial charge in [0, 0.05) is 11.5 Å². The fourth-order valence-corrected chi connectivity index (χ4v) is 3.97. The summed E-state index contributed by atoms with van der Waals surface area (Å²) in [5.41, 5.74) is 1.03. The molecule has 1 aliphatic heterocycles. The normalized spacial score (nSPS) is 20.8. The molecule has 162 valence electrons. The average Bonchev–Trinajstić information content (AvgIpc) is 3.24. The van der Waals surface area contributed by atoms with Crippen molar-refractivity contribution in [3.8, 4) is 5.69 Å². The fraction of sp³-hybridized carbons (Fsp3) is 0.391. The number of fused-ring (bicyclic) bond motifs is 1. The highest BCUT2D eigenvalue weighted by molar-refractivity contribution is 6.08. The quantitative estimate of drug-likeness (QED) is 0.603. The monoisotopic (exact) mass is 424 g/mol. The molecular formula is C23H25FN4O3. The van der Waals surface area contributed by atoms with Crippen molar-refractivity contribution in [1.82, 2.24) is 14.7 Å². The molecule has 2 heterocycles. The Morgan fingerprint density at radius 2 is 1.68 bits per heavy atom. The largest absolute Gasteiger partial charge is 0.309 e. The molecule has 0 saturated carbocycles. The highest BCUT2D eigenvalue weighted by Gasteiger charge is 2.47. The molecule has 1 N–H and O–H groups in total. The molecule has 3 amide bonds. The number of imide groups is 1. The number of nitrogens with zero attached hydrogens (tertiary/aromatic N) is 3. The minimum absolute atomic E-state index is 0.283.